The quantitative estimate of drug-likeness (QED) is 0.647. The Hall–Kier alpha value is -3.16. The number of benzene rings is 2. The smallest absolute Gasteiger partial charge is 0.273 e. The van der Waals surface area contributed by atoms with Gasteiger partial charge in [-0.3, -0.25) is 14.8 Å². The Morgan fingerprint density at radius 3 is 2.47 bits per heavy atom. The van der Waals surface area contributed by atoms with Crippen molar-refractivity contribution in [3.63, 3.8) is 0 Å². The van der Waals surface area contributed by atoms with Crippen LogP contribution in [0.3, 0.4) is 0 Å². The van der Waals surface area contributed by atoms with Gasteiger partial charge in [-0.25, -0.2) is 0 Å². The van der Waals surface area contributed by atoms with Crippen LogP contribution in [-0.4, -0.2) is 72.4 Å². The molecule has 2 aliphatic heterocycles. The lowest BCUT2D eigenvalue weighted by atomic mass is 9.95. The fourth-order valence-electron chi connectivity index (χ4n) is 4.57. The van der Waals surface area contributed by atoms with Gasteiger partial charge >= 0.3 is 0 Å². The molecule has 1 saturated heterocycles. The van der Waals surface area contributed by atoms with Crippen molar-refractivity contribution in [1.29, 1.82) is 0 Å². The molecule has 1 N–H and O–H groups in total. The van der Waals surface area contributed by atoms with E-state index in [0.717, 1.165) is 61.0 Å². The fourth-order valence-corrected chi connectivity index (χ4v) is 4.57. The molecule has 32 heavy (non-hydrogen) atoms. The Bertz CT molecular complexity index is 1090. The number of nitrogens with zero attached hydrogens (tertiary/aromatic N) is 3. The lowest BCUT2D eigenvalue weighted by Gasteiger charge is -2.31. The van der Waals surface area contributed by atoms with Crippen LogP contribution in [0, 0.1) is 6.92 Å². The molecule has 0 bridgehead atoms. The maximum atomic E-state index is 13.5. The van der Waals surface area contributed by atoms with E-state index in [-0.39, 0.29) is 11.9 Å². The number of aryl methyl sites for hydroxylation is 1. The van der Waals surface area contributed by atoms with Crippen LogP contribution in [0.1, 0.15) is 33.2 Å². The Morgan fingerprint density at radius 1 is 1.06 bits per heavy atom. The summed E-state index contributed by atoms with van der Waals surface area (Å²) in [7, 11) is 1.66. The summed E-state index contributed by atoms with van der Waals surface area (Å²) in [6, 6.07) is 16.1. The number of hydrogen-bond donors (Lipinski definition) is 1. The van der Waals surface area contributed by atoms with E-state index in [1.54, 1.807) is 7.11 Å². The van der Waals surface area contributed by atoms with Gasteiger partial charge in [-0.1, -0.05) is 42.0 Å². The van der Waals surface area contributed by atoms with Gasteiger partial charge in [0, 0.05) is 37.3 Å². The van der Waals surface area contributed by atoms with Crippen LogP contribution >= 0.6 is 0 Å². The summed E-state index contributed by atoms with van der Waals surface area (Å²) < 4.78 is 10.8. The normalized spacial score (nSPS) is 18.8. The number of H-pyrrole nitrogens is 1. The number of nitrogens with one attached hydrogen (secondary N) is 1. The highest BCUT2D eigenvalue weighted by molar-refractivity contribution is 6.00. The second kappa shape index (κ2) is 8.76. The third kappa shape index (κ3) is 3.78. The number of amides is 1. The molecule has 1 unspecified atom stereocenters. The summed E-state index contributed by atoms with van der Waals surface area (Å²) in [4.78, 5) is 17.8. The van der Waals surface area contributed by atoms with Crippen molar-refractivity contribution in [3.05, 3.63) is 70.9 Å². The van der Waals surface area contributed by atoms with Crippen molar-refractivity contribution in [2.24, 2.45) is 0 Å². The van der Waals surface area contributed by atoms with Crippen LogP contribution in [0.15, 0.2) is 48.5 Å². The summed E-state index contributed by atoms with van der Waals surface area (Å²) in [5, 5.41) is 7.60. The second-order valence-corrected chi connectivity index (χ2v) is 8.36. The van der Waals surface area contributed by atoms with Gasteiger partial charge in [0.2, 0.25) is 0 Å². The number of ether oxygens (including phenoxy) is 2. The van der Waals surface area contributed by atoms with Crippen LogP contribution in [-0.2, 0) is 4.74 Å². The zero-order valence-corrected chi connectivity index (χ0v) is 18.5. The number of aromatic amines is 1. The standard InChI is InChI=1S/C25H28N4O3/c1-17-3-5-18(6-4-17)22-21-23(27-26-22)25(30)29(12-11-28-13-15-32-16-14-28)24(21)19-7-9-20(31-2)10-8-19/h3-10,24H,11-16H2,1-2H3,(H,26,27). The first kappa shape index (κ1) is 20.7. The zero-order chi connectivity index (χ0) is 22.1. The second-order valence-electron chi connectivity index (χ2n) is 8.36. The molecule has 0 radical (unpaired) electrons. The number of morpholine rings is 1. The molecule has 0 saturated carbocycles. The van der Waals surface area contributed by atoms with Gasteiger partial charge in [-0.2, -0.15) is 5.10 Å². The number of fused-ring (bicyclic) bond motifs is 1. The Morgan fingerprint density at radius 2 is 1.78 bits per heavy atom. The van der Waals surface area contributed by atoms with Gasteiger partial charge in [-0.15, -0.1) is 0 Å². The Labute approximate surface area is 187 Å². The summed E-state index contributed by atoms with van der Waals surface area (Å²) in [6.07, 6.45) is 0. The van der Waals surface area contributed by atoms with Crippen LogP contribution < -0.4 is 4.74 Å². The zero-order valence-electron chi connectivity index (χ0n) is 18.5. The first-order valence-electron chi connectivity index (χ1n) is 11.1. The number of methoxy groups -OCH3 is 1. The summed E-state index contributed by atoms with van der Waals surface area (Å²) in [5.41, 5.74) is 5.62. The first-order chi connectivity index (χ1) is 15.7. The third-order valence-corrected chi connectivity index (χ3v) is 6.38. The van der Waals surface area contributed by atoms with Crippen molar-refractivity contribution >= 4 is 5.91 Å². The molecule has 0 spiro atoms. The predicted molar refractivity (Wildman–Crippen MR) is 122 cm³/mol. The molecule has 1 aromatic heterocycles. The molecule has 166 valence electrons. The van der Waals surface area contributed by atoms with Crippen molar-refractivity contribution in [2.45, 2.75) is 13.0 Å². The van der Waals surface area contributed by atoms with E-state index in [2.05, 4.69) is 46.3 Å². The highest BCUT2D eigenvalue weighted by atomic mass is 16.5. The third-order valence-electron chi connectivity index (χ3n) is 6.38. The number of carbonyl (C=O) groups excluding carboxylic acids is 1. The van der Waals surface area contributed by atoms with Crippen LogP contribution in [0.25, 0.3) is 11.3 Å². The predicted octanol–water partition coefficient (Wildman–Crippen LogP) is 3.27. The molecule has 1 atom stereocenters. The monoisotopic (exact) mass is 432 g/mol. The van der Waals surface area contributed by atoms with Crippen LogP contribution in [0.4, 0.5) is 0 Å². The minimum atomic E-state index is -0.195. The molecule has 2 aromatic carbocycles. The summed E-state index contributed by atoms with van der Waals surface area (Å²) in [6.45, 7) is 6.82. The molecule has 3 heterocycles. The number of carbonyl (C=O) groups is 1. The summed E-state index contributed by atoms with van der Waals surface area (Å²) >= 11 is 0. The SMILES string of the molecule is COc1ccc(C2c3c(-c4ccc(C)cc4)n[nH]c3C(=O)N2CCN2CCOCC2)cc1. The van der Waals surface area contributed by atoms with Gasteiger partial charge < -0.3 is 14.4 Å². The van der Waals surface area contributed by atoms with Gasteiger partial charge in [-0.05, 0) is 24.6 Å². The van der Waals surface area contributed by atoms with Crippen LogP contribution in [0.5, 0.6) is 5.75 Å². The first-order valence-corrected chi connectivity index (χ1v) is 11.1. The minimum absolute atomic E-state index is 0.0000563. The van der Waals surface area contributed by atoms with E-state index < -0.39 is 0 Å². The van der Waals surface area contributed by atoms with Gasteiger partial charge in [0.05, 0.1) is 32.1 Å². The summed E-state index contributed by atoms with van der Waals surface area (Å²) in [5.74, 6) is 0.795. The minimum Gasteiger partial charge on any atom is -0.497 e. The van der Waals surface area contributed by atoms with Crippen molar-refractivity contribution < 1.29 is 14.3 Å². The maximum Gasteiger partial charge on any atom is 0.273 e. The fraction of sp³-hybridized carbons (Fsp3) is 0.360. The molecule has 2 aliphatic rings. The lowest BCUT2D eigenvalue weighted by Crippen LogP contribution is -2.42. The highest BCUT2D eigenvalue weighted by Gasteiger charge is 2.42. The van der Waals surface area contributed by atoms with E-state index in [4.69, 9.17) is 9.47 Å². The Kier molecular flexibility index (Phi) is 5.68. The van der Waals surface area contributed by atoms with E-state index in [9.17, 15) is 4.79 Å². The van der Waals surface area contributed by atoms with Gasteiger partial charge in [0.25, 0.3) is 5.91 Å². The molecule has 0 aliphatic carbocycles. The van der Waals surface area contributed by atoms with E-state index in [1.807, 2.05) is 29.2 Å². The van der Waals surface area contributed by atoms with Crippen molar-refractivity contribution in [3.8, 4) is 17.0 Å². The van der Waals surface area contributed by atoms with E-state index >= 15 is 0 Å². The molecule has 1 amide bonds. The van der Waals surface area contributed by atoms with Gasteiger partial charge in [0.1, 0.15) is 11.4 Å². The number of hydrogen-bond acceptors (Lipinski definition) is 5. The van der Waals surface area contributed by atoms with E-state index in [0.29, 0.717) is 12.2 Å². The number of rotatable bonds is 6. The number of aromatic nitrogens is 2. The lowest BCUT2D eigenvalue weighted by molar-refractivity contribution is 0.0316. The Balaban J connectivity index is 1.52. The highest BCUT2D eigenvalue weighted by Crippen LogP contribution is 2.42. The molecule has 3 aromatic rings. The molecule has 7 nitrogen and oxygen atoms in total. The largest absolute Gasteiger partial charge is 0.497 e. The topological polar surface area (TPSA) is 70.7 Å². The maximum absolute atomic E-state index is 13.5. The molecule has 5 rings (SSSR count). The average molecular weight is 433 g/mol. The van der Waals surface area contributed by atoms with E-state index in [1.165, 1.54) is 5.56 Å². The van der Waals surface area contributed by atoms with Crippen molar-refractivity contribution in [1.82, 2.24) is 20.0 Å². The van der Waals surface area contributed by atoms with Crippen molar-refractivity contribution in [2.75, 3.05) is 46.5 Å². The molecular weight excluding hydrogens is 404 g/mol. The average Bonchev–Trinajstić information content (AvgIpc) is 3.38. The molecular formula is C25H28N4O3. The molecule has 1 fully saturated rings. The van der Waals surface area contributed by atoms with Gasteiger partial charge in [0.15, 0.2) is 0 Å². The molecule has 7 heteroatoms. The van der Waals surface area contributed by atoms with Crippen LogP contribution in [0.2, 0.25) is 0 Å².